The molecule has 0 aliphatic carbocycles. The smallest absolute Gasteiger partial charge is 0.0837 e. The highest BCUT2D eigenvalue weighted by Gasteiger charge is 2.22. The average molecular weight is 254 g/mol. The van der Waals surface area contributed by atoms with Gasteiger partial charge in [-0.05, 0) is 38.1 Å². The molecule has 0 saturated carbocycles. The number of rotatable bonds is 1. The van der Waals surface area contributed by atoms with Crippen LogP contribution in [0.15, 0.2) is 36.7 Å². The number of fused-ring (bicyclic) bond motifs is 2. The van der Waals surface area contributed by atoms with E-state index in [9.17, 15) is 0 Å². The zero-order valence-corrected chi connectivity index (χ0v) is 11.5. The van der Waals surface area contributed by atoms with Gasteiger partial charge in [-0.15, -0.1) is 0 Å². The number of anilines is 2. The molecule has 1 aliphatic heterocycles. The number of hydrogen-bond donors (Lipinski definition) is 1. The van der Waals surface area contributed by atoms with E-state index in [-0.39, 0.29) is 6.04 Å². The highest BCUT2D eigenvalue weighted by Crippen LogP contribution is 2.34. The normalized spacial score (nSPS) is 17.8. The Morgan fingerprint density at radius 2 is 2.16 bits per heavy atom. The van der Waals surface area contributed by atoms with Crippen LogP contribution in [0.5, 0.6) is 0 Å². The third-order valence-electron chi connectivity index (χ3n) is 3.51. The van der Waals surface area contributed by atoms with Gasteiger partial charge in [0.25, 0.3) is 0 Å². The van der Waals surface area contributed by atoms with Crippen LogP contribution in [0.3, 0.4) is 0 Å². The van der Waals surface area contributed by atoms with Gasteiger partial charge in [0.1, 0.15) is 0 Å². The lowest BCUT2D eigenvalue weighted by Gasteiger charge is -2.24. The van der Waals surface area contributed by atoms with Crippen molar-refractivity contribution in [2.24, 2.45) is 0 Å². The summed E-state index contributed by atoms with van der Waals surface area (Å²) < 4.78 is 2.24. The molecule has 3 heterocycles. The van der Waals surface area contributed by atoms with Crippen LogP contribution in [-0.4, -0.2) is 16.7 Å². The first-order valence-electron chi connectivity index (χ1n) is 6.51. The van der Waals surface area contributed by atoms with E-state index in [2.05, 4.69) is 58.2 Å². The molecule has 0 spiro atoms. The van der Waals surface area contributed by atoms with E-state index < -0.39 is 0 Å². The maximum atomic E-state index is 4.20. The number of nitrogens with one attached hydrogen (secondary N) is 1. The van der Waals surface area contributed by atoms with Crippen molar-refractivity contribution >= 4 is 17.5 Å². The quantitative estimate of drug-likeness (QED) is 0.847. The molecule has 0 amide bonds. The van der Waals surface area contributed by atoms with E-state index in [1.807, 2.05) is 25.4 Å². The van der Waals surface area contributed by atoms with Crippen LogP contribution in [0, 0.1) is 0 Å². The van der Waals surface area contributed by atoms with Crippen LogP contribution < -0.4 is 10.3 Å². The minimum absolute atomic E-state index is 0.243. The van der Waals surface area contributed by atoms with Crippen molar-refractivity contribution in [1.29, 1.82) is 0 Å². The van der Waals surface area contributed by atoms with Crippen molar-refractivity contribution < 1.29 is 0 Å². The summed E-state index contributed by atoms with van der Waals surface area (Å²) in [7, 11) is 2.08. The fourth-order valence-electron chi connectivity index (χ4n) is 2.63. The van der Waals surface area contributed by atoms with E-state index >= 15 is 0 Å². The number of allylic oxidation sites excluding steroid dienone is 1. The van der Waals surface area contributed by atoms with Crippen molar-refractivity contribution in [3.8, 4) is 0 Å². The Kier molecular flexibility index (Phi) is 2.78. The molecule has 1 atom stereocenters. The van der Waals surface area contributed by atoms with E-state index in [0.29, 0.717) is 0 Å². The van der Waals surface area contributed by atoms with Gasteiger partial charge in [0, 0.05) is 13.2 Å². The Balaban J connectivity index is 2.21. The molecular formula is C15H18N4. The van der Waals surface area contributed by atoms with Gasteiger partial charge >= 0.3 is 0 Å². The third-order valence-corrected chi connectivity index (χ3v) is 3.51. The molecule has 98 valence electrons. The van der Waals surface area contributed by atoms with Gasteiger partial charge in [-0.3, -0.25) is 14.7 Å². The van der Waals surface area contributed by atoms with E-state index in [1.54, 1.807) is 0 Å². The predicted octanol–water partition coefficient (Wildman–Crippen LogP) is 3.30. The lowest BCUT2D eigenvalue weighted by Crippen LogP contribution is -2.26. The first-order valence-corrected chi connectivity index (χ1v) is 6.51. The number of pyridine rings is 1. The fourth-order valence-corrected chi connectivity index (χ4v) is 2.63. The standard InChI is InChI=1S/C15H18N4/c1-4-5-12-6-7-14-11(2)17-13-10-16-9-8-15(13)18(3)19(12)14/h4-11,17H,1-3H3/b5-4-. The molecule has 4 nitrogen and oxygen atoms in total. The summed E-state index contributed by atoms with van der Waals surface area (Å²) >= 11 is 0. The summed E-state index contributed by atoms with van der Waals surface area (Å²) in [6, 6.07) is 6.59. The van der Waals surface area contributed by atoms with E-state index in [0.717, 1.165) is 11.4 Å². The first kappa shape index (κ1) is 11.8. The molecule has 0 fully saturated rings. The number of aromatic nitrogens is 2. The van der Waals surface area contributed by atoms with Crippen LogP contribution in [0.4, 0.5) is 11.4 Å². The average Bonchev–Trinajstić information content (AvgIpc) is 2.78. The number of hydrogen-bond acceptors (Lipinski definition) is 3. The Morgan fingerprint density at radius 3 is 2.95 bits per heavy atom. The van der Waals surface area contributed by atoms with Crippen LogP contribution in [-0.2, 0) is 0 Å². The monoisotopic (exact) mass is 254 g/mol. The molecule has 0 saturated heterocycles. The summed E-state index contributed by atoms with van der Waals surface area (Å²) in [5, 5.41) is 5.68. The predicted molar refractivity (Wildman–Crippen MR) is 79.2 cm³/mol. The Morgan fingerprint density at radius 1 is 1.32 bits per heavy atom. The molecule has 1 aliphatic rings. The topological polar surface area (TPSA) is 33.1 Å². The lowest BCUT2D eigenvalue weighted by molar-refractivity contribution is 0.701. The minimum atomic E-state index is 0.243. The summed E-state index contributed by atoms with van der Waals surface area (Å²) in [5.41, 5.74) is 4.61. The maximum Gasteiger partial charge on any atom is 0.0837 e. The maximum absolute atomic E-state index is 4.20. The van der Waals surface area contributed by atoms with Crippen molar-refractivity contribution in [2.75, 3.05) is 17.4 Å². The molecule has 0 aromatic carbocycles. The Labute approximate surface area is 113 Å². The van der Waals surface area contributed by atoms with Gasteiger partial charge in [0.05, 0.1) is 35.0 Å². The molecule has 2 aromatic rings. The van der Waals surface area contributed by atoms with Gasteiger partial charge in [-0.1, -0.05) is 6.08 Å². The zero-order valence-electron chi connectivity index (χ0n) is 11.5. The molecule has 2 aromatic heterocycles. The van der Waals surface area contributed by atoms with Crippen molar-refractivity contribution in [1.82, 2.24) is 9.66 Å². The van der Waals surface area contributed by atoms with Gasteiger partial charge in [0.15, 0.2) is 0 Å². The van der Waals surface area contributed by atoms with Gasteiger partial charge in [0.2, 0.25) is 0 Å². The molecule has 0 radical (unpaired) electrons. The van der Waals surface area contributed by atoms with Gasteiger partial charge in [-0.2, -0.15) is 0 Å². The summed E-state index contributed by atoms with van der Waals surface area (Å²) in [6.45, 7) is 4.21. The largest absolute Gasteiger partial charge is 0.374 e. The van der Waals surface area contributed by atoms with Crippen molar-refractivity contribution in [3.63, 3.8) is 0 Å². The van der Waals surface area contributed by atoms with Crippen molar-refractivity contribution in [2.45, 2.75) is 19.9 Å². The molecule has 1 unspecified atom stereocenters. The minimum Gasteiger partial charge on any atom is -0.374 e. The number of nitrogens with zero attached hydrogens (tertiary/aromatic N) is 3. The second kappa shape index (κ2) is 4.46. The second-order valence-electron chi connectivity index (χ2n) is 4.78. The Hall–Kier alpha value is -2.23. The van der Waals surface area contributed by atoms with Crippen LogP contribution >= 0.6 is 0 Å². The summed E-state index contributed by atoms with van der Waals surface area (Å²) in [6.07, 6.45) is 7.89. The molecule has 0 bridgehead atoms. The molecular weight excluding hydrogens is 236 g/mol. The van der Waals surface area contributed by atoms with Gasteiger partial charge < -0.3 is 5.32 Å². The SMILES string of the molecule is C/C=C\c1ccc2n1N(C)c1ccncc1NC2C. The highest BCUT2D eigenvalue weighted by molar-refractivity contribution is 5.71. The van der Waals surface area contributed by atoms with E-state index in [4.69, 9.17) is 0 Å². The van der Waals surface area contributed by atoms with Crippen LogP contribution in [0.1, 0.15) is 31.3 Å². The third kappa shape index (κ3) is 1.80. The van der Waals surface area contributed by atoms with Crippen molar-refractivity contribution in [3.05, 3.63) is 48.1 Å². The lowest BCUT2D eigenvalue weighted by atomic mass is 10.2. The summed E-state index contributed by atoms with van der Waals surface area (Å²) in [4.78, 5) is 4.20. The van der Waals surface area contributed by atoms with Gasteiger partial charge in [-0.25, -0.2) is 0 Å². The summed E-state index contributed by atoms with van der Waals surface area (Å²) in [5.74, 6) is 0. The van der Waals surface area contributed by atoms with E-state index in [1.165, 1.54) is 11.4 Å². The Bertz CT molecular complexity index is 627. The molecule has 19 heavy (non-hydrogen) atoms. The first-order chi connectivity index (χ1) is 9.22. The highest BCUT2D eigenvalue weighted by atomic mass is 15.6. The van der Waals surface area contributed by atoms with Crippen LogP contribution in [0.25, 0.3) is 6.08 Å². The fraction of sp³-hybridized carbons (Fsp3) is 0.267. The molecule has 1 N–H and O–H groups in total. The second-order valence-corrected chi connectivity index (χ2v) is 4.78. The zero-order chi connectivity index (χ0) is 13.4. The molecule has 4 heteroatoms. The molecule has 3 rings (SSSR count). The van der Waals surface area contributed by atoms with Crippen LogP contribution in [0.2, 0.25) is 0 Å².